The van der Waals surface area contributed by atoms with E-state index in [0.717, 1.165) is 12.1 Å². The predicted molar refractivity (Wildman–Crippen MR) is 59.7 cm³/mol. The molecule has 3 nitrogen and oxygen atoms in total. The van der Waals surface area contributed by atoms with Gasteiger partial charge in [0.1, 0.15) is 17.2 Å². The van der Waals surface area contributed by atoms with E-state index in [2.05, 4.69) is 5.32 Å². The third-order valence-corrected chi connectivity index (χ3v) is 2.94. The molecular formula is C12H14F2N2O. The summed E-state index contributed by atoms with van der Waals surface area (Å²) in [7, 11) is 0. The number of nitrogens with one attached hydrogen (secondary N) is 1. The summed E-state index contributed by atoms with van der Waals surface area (Å²) in [5.41, 5.74) is -0.457. The Kier molecular flexibility index (Phi) is 3.38. The van der Waals surface area contributed by atoms with Crippen molar-refractivity contribution in [3.8, 4) is 0 Å². The van der Waals surface area contributed by atoms with Crippen molar-refractivity contribution >= 4 is 5.91 Å². The highest BCUT2D eigenvalue weighted by molar-refractivity contribution is 5.95. The van der Waals surface area contributed by atoms with Crippen molar-refractivity contribution in [1.29, 1.82) is 0 Å². The highest BCUT2D eigenvalue weighted by atomic mass is 19.1. The van der Waals surface area contributed by atoms with E-state index in [4.69, 9.17) is 0 Å². The minimum Gasteiger partial charge on any atom is -0.333 e. The van der Waals surface area contributed by atoms with Crippen LogP contribution in [0.3, 0.4) is 0 Å². The van der Waals surface area contributed by atoms with E-state index in [9.17, 15) is 13.6 Å². The number of rotatable bonds is 1. The first-order valence-corrected chi connectivity index (χ1v) is 5.57. The van der Waals surface area contributed by atoms with Gasteiger partial charge in [-0.3, -0.25) is 4.79 Å². The molecule has 0 aliphatic carbocycles. The summed E-state index contributed by atoms with van der Waals surface area (Å²) in [6, 6.07) is 3.39. The van der Waals surface area contributed by atoms with Crippen LogP contribution in [0.15, 0.2) is 18.2 Å². The molecule has 0 unspecified atom stereocenters. The number of halogens is 2. The molecule has 1 fully saturated rings. The monoisotopic (exact) mass is 240 g/mol. The van der Waals surface area contributed by atoms with E-state index in [-0.39, 0.29) is 6.04 Å². The first kappa shape index (κ1) is 12.0. The average Bonchev–Trinajstić information content (AvgIpc) is 2.29. The summed E-state index contributed by atoms with van der Waals surface area (Å²) in [5, 5.41) is 3.12. The SMILES string of the molecule is C[C@@H]1CNCCN1C(=O)c1c(F)cccc1F. The van der Waals surface area contributed by atoms with Crippen molar-refractivity contribution in [3.63, 3.8) is 0 Å². The molecule has 1 heterocycles. The van der Waals surface area contributed by atoms with E-state index in [1.165, 1.54) is 11.0 Å². The van der Waals surface area contributed by atoms with Crippen LogP contribution in [0.25, 0.3) is 0 Å². The first-order chi connectivity index (χ1) is 8.11. The maximum Gasteiger partial charge on any atom is 0.260 e. The zero-order valence-electron chi connectivity index (χ0n) is 9.54. The summed E-state index contributed by atoms with van der Waals surface area (Å²) < 4.78 is 27.0. The van der Waals surface area contributed by atoms with Crippen LogP contribution in [0.2, 0.25) is 0 Å². The average molecular weight is 240 g/mol. The molecule has 0 spiro atoms. The second kappa shape index (κ2) is 4.79. The standard InChI is InChI=1S/C12H14F2N2O/c1-8-7-15-5-6-16(8)12(17)11-9(13)3-2-4-10(11)14/h2-4,8,15H,5-7H2,1H3/t8-/m1/s1. The number of piperazine rings is 1. The van der Waals surface area contributed by atoms with Crippen molar-refractivity contribution in [2.24, 2.45) is 0 Å². The summed E-state index contributed by atoms with van der Waals surface area (Å²) in [6.45, 7) is 3.60. The molecule has 1 aliphatic heterocycles. The number of hydrogen-bond acceptors (Lipinski definition) is 2. The van der Waals surface area contributed by atoms with Crippen LogP contribution in [-0.4, -0.2) is 36.5 Å². The maximum atomic E-state index is 13.5. The molecule has 0 aromatic heterocycles. The molecule has 1 aromatic rings. The minimum atomic E-state index is -0.805. The molecule has 17 heavy (non-hydrogen) atoms. The number of carbonyl (C=O) groups is 1. The van der Waals surface area contributed by atoms with Gasteiger partial charge in [-0.2, -0.15) is 0 Å². The highest BCUT2D eigenvalue weighted by Gasteiger charge is 2.28. The molecule has 92 valence electrons. The molecular weight excluding hydrogens is 226 g/mol. The van der Waals surface area contributed by atoms with Crippen molar-refractivity contribution in [2.45, 2.75) is 13.0 Å². The molecule has 1 saturated heterocycles. The second-order valence-electron chi connectivity index (χ2n) is 4.15. The lowest BCUT2D eigenvalue weighted by Gasteiger charge is -2.34. The number of amides is 1. The predicted octanol–water partition coefficient (Wildman–Crippen LogP) is 1.40. The Balaban J connectivity index is 2.30. The number of nitrogens with zero attached hydrogens (tertiary/aromatic N) is 1. The van der Waals surface area contributed by atoms with Crippen LogP contribution in [0, 0.1) is 11.6 Å². The largest absolute Gasteiger partial charge is 0.333 e. The molecule has 0 radical (unpaired) electrons. The third-order valence-electron chi connectivity index (χ3n) is 2.94. The summed E-state index contributed by atoms with van der Waals surface area (Å²) in [5.74, 6) is -2.18. The zero-order chi connectivity index (χ0) is 12.4. The van der Waals surface area contributed by atoms with Gasteiger partial charge in [0.05, 0.1) is 0 Å². The third kappa shape index (κ3) is 2.29. The summed E-state index contributed by atoms with van der Waals surface area (Å²) in [6.07, 6.45) is 0. The van der Waals surface area contributed by atoms with E-state index >= 15 is 0 Å². The Morgan fingerprint density at radius 3 is 2.65 bits per heavy atom. The van der Waals surface area contributed by atoms with Gasteiger partial charge in [-0.25, -0.2) is 8.78 Å². The van der Waals surface area contributed by atoms with Crippen molar-refractivity contribution in [1.82, 2.24) is 10.2 Å². The fourth-order valence-electron chi connectivity index (χ4n) is 1.99. The fourth-order valence-corrected chi connectivity index (χ4v) is 1.99. The van der Waals surface area contributed by atoms with Crippen LogP contribution in [0.1, 0.15) is 17.3 Å². The first-order valence-electron chi connectivity index (χ1n) is 5.57. The minimum absolute atomic E-state index is 0.0599. The van der Waals surface area contributed by atoms with Crippen LogP contribution < -0.4 is 5.32 Å². The van der Waals surface area contributed by atoms with Crippen molar-refractivity contribution < 1.29 is 13.6 Å². The Morgan fingerprint density at radius 1 is 1.41 bits per heavy atom. The zero-order valence-corrected chi connectivity index (χ0v) is 9.54. The molecule has 1 amide bonds. The van der Waals surface area contributed by atoms with Gasteiger partial charge in [-0.05, 0) is 19.1 Å². The van der Waals surface area contributed by atoms with Gasteiger partial charge in [-0.15, -0.1) is 0 Å². The van der Waals surface area contributed by atoms with Crippen LogP contribution in [0.4, 0.5) is 8.78 Å². The number of carbonyl (C=O) groups excluding carboxylic acids is 1. The van der Waals surface area contributed by atoms with Gasteiger partial charge in [0, 0.05) is 25.7 Å². The van der Waals surface area contributed by atoms with E-state index in [1.54, 1.807) is 0 Å². The molecule has 1 aliphatic rings. The van der Waals surface area contributed by atoms with Crippen LogP contribution in [-0.2, 0) is 0 Å². The van der Waals surface area contributed by atoms with Crippen molar-refractivity contribution in [3.05, 3.63) is 35.4 Å². The lowest BCUT2D eigenvalue weighted by molar-refractivity contribution is 0.0646. The lowest BCUT2D eigenvalue weighted by atomic mass is 10.1. The van der Waals surface area contributed by atoms with Gasteiger partial charge >= 0.3 is 0 Å². The fraction of sp³-hybridized carbons (Fsp3) is 0.417. The number of benzene rings is 1. The van der Waals surface area contributed by atoms with E-state index < -0.39 is 23.1 Å². The van der Waals surface area contributed by atoms with Gasteiger partial charge in [0.25, 0.3) is 5.91 Å². The molecule has 2 rings (SSSR count). The Bertz CT molecular complexity index is 416. The lowest BCUT2D eigenvalue weighted by Crippen LogP contribution is -2.52. The molecule has 1 atom stereocenters. The van der Waals surface area contributed by atoms with Crippen LogP contribution >= 0.6 is 0 Å². The molecule has 1 aromatic carbocycles. The van der Waals surface area contributed by atoms with Gasteiger partial charge in [-0.1, -0.05) is 6.07 Å². The normalized spacial score (nSPS) is 20.4. The van der Waals surface area contributed by atoms with Crippen LogP contribution in [0.5, 0.6) is 0 Å². The topological polar surface area (TPSA) is 32.3 Å². The molecule has 1 N–H and O–H groups in total. The Morgan fingerprint density at radius 2 is 2.06 bits per heavy atom. The highest BCUT2D eigenvalue weighted by Crippen LogP contribution is 2.16. The smallest absolute Gasteiger partial charge is 0.260 e. The Hall–Kier alpha value is -1.49. The van der Waals surface area contributed by atoms with Gasteiger partial charge in [0.2, 0.25) is 0 Å². The van der Waals surface area contributed by atoms with E-state index in [1.807, 2.05) is 6.92 Å². The summed E-state index contributed by atoms with van der Waals surface area (Å²) in [4.78, 5) is 13.6. The van der Waals surface area contributed by atoms with Gasteiger partial charge < -0.3 is 10.2 Å². The number of hydrogen-bond donors (Lipinski definition) is 1. The molecule has 5 heteroatoms. The molecule has 0 saturated carbocycles. The van der Waals surface area contributed by atoms with Gasteiger partial charge in [0.15, 0.2) is 0 Å². The molecule has 0 bridgehead atoms. The summed E-state index contributed by atoms with van der Waals surface area (Å²) >= 11 is 0. The van der Waals surface area contributed by atoms with E-state index in [0.29, 0.717) is 19.6 Å². The maximum absolute atomic E-state index is 13.5. The second-order valence-corrected chi connectivity index (χ2v) is 4.15. The van der Waals surface area contributed by atoms with Crippen molar-refractivity contribution in [2.75, 3.05) is 19.6 Å². The quantitative estimate of drug-likeness (QED) is 0.804. The Labute approximate surface area is 98.4 Å².